The van der Waals surface area contributed by atoms with Gasteiger partial charge in [-0.3, -0.25) is 4.79 Å². The molecule has 0 saturated carbocycles. The van der Waals surface area contributed by atoms with E-state index in [2.05, 4.69) is 16.8 Å². The maximum atomic E-state index is 13.7. The number of piperazine rings is 1. The third kappa shape index (κ3) is 3.83. The predicted molar refractivity (Wildman–Crippen MR) is 130 cm³/mol. The number of hydrogen-bond donors (Lipinski definition) is 2. The Hall–Kier alpha value is -3.35. The number of hydrogen-bond acceptors (Lipinski definition) is 6. The van der Waals surface area contributed by atoms with Crippen molar-refractivity contribution in [3.05, 3.63) is 77.9 Å². The van der Waals surface area contributed by atoms with Gasteiger partial charge < -0.3 is 20.0 Å². The first kappa shape index (κ1) is 20.5. The number of anilines is 1. The molecule has 5 nitrogen and oxygen atoms in total. The summed E-state index contributed by atoms with van der Waals surface area (Å²) in [6, 6.07) is 19.8. The lowest BCUT2D eigenvalue weighted by Crippen LogP contribution is -2.44. The van der Waals surface area contributed by atoms with Gasteiger partial charge >= 0.3 is 0 Å². The van der Waals surface area contributed by atoms with E-state index in [4.69, 9.17) is 0 Å². The Kier molecular flexibility index (Phi) is 5.33. The molecule has 162 valence electrons. The predicted octanol–water partition coefficient (Wildman–Crippen LogP) is 4.96. The quantitative estimate of drug-likeness (QED) is 0.436. The summed E-state index contributed by atoms with van der Waals surface area (Å²) < 4.78 is 0.852. The maximum Gasteiger partial charge on any atom is 0.195 e. The van der Waals surface area contributed by atoms with E-state index in [9.17, 15) is 15.0 Å². The van der Waals surface area contributed by atoms with Gasteiger partial charge in [0, 0.05) is 58.0 Å². The Morgan fingerprint density at radius 2 is 1.50 bits per heavy atom. The van der Waals surface area contributed by atoms with Gasteiger partial charge in [0.05, 0.1) is 0 Å². The highest BCUT2D eigenvalue weighted by Gasteiger charge is 2.22. The van der Waals surface area contributed by atoms with Crippen molar-refractivity contribution in [2.75, 3.05) is 38.1 Å². The lowest BCUT2D eigenvalue weighted by Gasteiger charge is -2.34. The van der Waals surface area contributed by atoms with Crippen molar-refractivity contribution in [3.63, 3.8) is 0 Å². The van der Waals surface area contributed by atoms with Crippen molar-refractivity contribution in [2.24, 2.45) is 0 Å². The van der Waals surface area contributed by atoms with Gasteiger partial charge in [0.15, 0.2) is 5.78 Å². The SMILES string of the molecule is CN1CCN(c2ccc(C(=O)c3c(-c4ccc(O)cc4)sc4cc(O)ccc34)cc2)CC1. The Labute approximate surface area is 190 Å². The molecule has 1 saturated heterocycles. The molecule has 0 atom stereocenters. The fourth-order valence-corrected chi connectivity index (χ4v) is 5.40. The van der Waals surface area contributed by atoms with Gasteiger partial charge in [-0.05, 0) is 79.3 Å². The van der Waals surface area contributed by atoms with Gasteiger partial charge in [0.25, 0.3) is 0 Å². The van der Waals surface area contributed by atoms with E-state index in [0.29, 0.717) is 11.1 Å². The number of nitrogens with zero attached hydrogens (tertiary/aromatic N) is 2. The number of phenols is 2. The normalized spacial score (nSPS) is 14.7. The summed E-state index contributed by atoms with van der Waals surface area (Å²) >= 11 is 1.47. The van der Waals surface area contributed by atoms with Crippen LogP contribution in [0, 0.1) is 0 Å². The number of carbonyl (C=O) groups is 1. The molecule has 4 aromatic rings. The molecule has 2 N–H and O–H groups in total. The molecule has 5 rings (SSSR count). The second kappa shape index (κ2) is 8.30. The van der Waals surface area contributed by atoms with E-state index in [0.717, 1.165) is 52.4 Å². The van der Waals surface area contributed by atoms with Crippen LogP contribution in [0.3, 0.4) is 0 Å². The van der Waals surface area contributed by atoms with Crippen molar-refractivity contribution >= 4 is 32.9 Å². The highest BCUT2D eigenvalue weighted by molar-refractivity contribution is 7.22. The van der Waals surface area contributed by atoms with Crippen molar-refractivity contribution in [1.29, 1.82) is 0 Å². The van der Waals surface area contributed by atoms with Crippen LogP contribution < -0.4 is 4.90 Å². The maximum absolute atomic E-state index is 13.7. The van der Waals surface area contributed by atoms with E-state index < -0.39 is 0 Å². The molecule has 0 unspecified atom stereocenters. The third-order valence-electron chi connectivity index (χ3n) is 6.03. The average Bonchev–Trinajstić information content (AvgIpc) is 3.18. The fourth-order valence-electron chi connectivity index (χ4n) is 4.16. The van der Waals surface area contributed by atoms with Crippen LogP contribution in [0.2, 0.25) is 0 Å². The van der Waals surface area contributed by atoms with E-state index in [-0.39, 0.29) is 17.3 Å². The number of ketones is 1. The average molecular weight is 445 g/mol. The molecule has 1 aromatic heterocycles. The number of benzene rings is 3. The summed E-state index contributed by atoms with van der Waals surface area (Å²) in [5.41, 5.74) is 3.26. The van der Waals surface area contributed by atoms with Crippen LogP contribution in [0.5, 0.6) is 11.5 Å². The van der Waals surface area contributed by atoms with Crippen LogP contribution in [-0.2, 0) is 0 Å². The molecule has 1 fully saturated rings. The molecule has 0 aliphatic carbocycles. The molecule has 1 aliphatic rings. The summed E-state index contributed by atoms with van der Waals surface area (Å²) in [5, 5.41) is 20.4. The Bertz CT molecular complexity index is 1270. The van der Waals surface area contributed by atoms with Gasteiger partial charge in [0.2, 0.25) is 0 Å². The smallest absolute Gasteiger partial charge is 0.195 e. The molecule has 0 amide bonds. The number of carbonyl (C=O) groups excluding carboxylic acids is 1. The topological polar surface area (TPSA) is 64.0 Å². The molecular weight excluding hydrogens is 420 g/mol. The van der Waals surface area contributed by atoms with Gasteiger partial charge in [-0.25, -0.2) is 0 Å². The Morgan fingerprint density at radius 1 is 0.844 bits per heavy atom. The Balaban J connectivity index is 1.54. The highest BCUT2D eigenvalue weighted by Crippen LogP contribution is 2.41. The molecule has 0 radical (unpaired) electrons. The standard InChI is InChI=1S/C26H24N2O3S/c1-27-12-14-28(15-13-27)19-6-2-17(3-7-19)25(31)24-22-11-10-21(30)16-23(22)32-26(24)18-4-8-20(29)9-5-18/h2-11,16,29-30H,12-15H2,1H3. The van der Waals surface area contributed by atoms with Crippen LogP contribution in [0.1, 0.15) is 15.9 Å². The zero-order valence-corrected chi connectivity index (χ0v) is 18.6. The summed E-state index contributed by atoms with van der Waals surface area (Å²) in [4.78, 5) is 19.2. The molecule has 1 aliphatic heterocycles. The summed E-state index contributed by atoms with van der Waals surface area (Å²) in [5.74, 6) is 0.307. The number of phenolic OH excluding ortho intramolecular Hbond substituents is 2. The first-order valence-corrected chi connectivity index (χ1v) is 11.4. The number of fused-ring (bicyclic) bond motifs is 1. The zero-order chi connectivity index (χ0) is 22.2. The molecule has 32 heavy (non-hydrogen) atoms. The fraction of sp³-hybridized carbons (Fsp3) is 0.192. The first-order valence-electron chi connectivity index (χ1n) is 10.6. The van der Waals surface area contributed by atoms with E-state index in [1.165, 1.54) is 11.3 Å². The van der Waals surface area contributed by atoms with Gasteiger partial charge in [-0.1, -0.05) is 0 Å². The van der Waals surface area contributed by atoms with E-state index in [1.54, 1.807) is 30.3 Å². The molecule has 2 heterocycles. The Morgan fingerprint density at radius 3 is 2.19 bits per heavy atom. The van der Waals surface area contributed by atoms with E-state index >= 15 is 0 Å². The van der Waals surface area contributed by atoms with Crippen molar-refractivity contribution < 1.29 is 15.0 Å². The monoisotopic (exact) mass is 444 g/mol. The largest absolute Gasteiger partial charge is 0.508 e. The first-order chi connectivity index (χ1) is 15.5. The zero-order valence-electron chi connectivity index (χ0n) is 17.8. The molecule has 0 bridgehead atoms. The minimum atomic E-state index is -0.0463. The minimum absolute atomic E-state index is 0.0463. The van der Waals surface area contributed by atoms with Crippen LogP contribution in [-0.4, -0.2) is 54.1 Å². The highest BCUT2D eigenvalue weighted by atomic mass is 32.1. The van der Waals surface area contributed by atoms with Gasteiger partial charge in [-0.15, -0.1) is 11.3 Å². The van der Waals surface area contributed by atoms with Gasteiger partial charge in [0.1, 0.15) is 11.5 Å². The van der Waals surface area contributed by atoms with Crippen molar-refractivity contribution in [3.8, 4) is 21.9 Å². The number of aromatic hydroxyl groups is 2. The van der Waals surface area contributed by atoms with Gasteiger partial charge in [-0.2, -0.15) is 0 Å². The molecular formula is C26H24N2O3S. The second-order valence-corrected chi connectivity index (χ2v) is 9.25. The second-order valence-electron chi connectivity index (χ2n) is 8.20. The van der Waals surface area contributed by atoms with Crippen LogP contribution in [0.4, 0.5) is 5.69 Å². The lowest BCUT2D eigenvalue weighted by atomic mass is 9.97. The minimum Gasteiger partial charge on any atom is -0.508 e. The van der Waals surface area contributed by atoms with Crippen LogP contribution in [0.25, 0.3) is 20.5 Å². The third-order valence-corrected chi connectivity index (χ3v) is 7.23. The summed E-state index contributed by atoms with van der Waals surface area (Å²) in [7, 11) is 2.13. The number of thiophene rings is 1. The van der Waals surface area contributed by atoms with Crippen LogP contribution in [0.15, 0.2) is 66.7 Å². The van der Waals surface area contributed by atoms with Crippen molar-refractivity contribution in [2.45, 2.75) is 0 Å². The molecule has 0 spiro atoms. The number of rotatable bonds is 4. The lowest BCUT2D eigenvalue weighted by molar-refractivity contribution is 0.104. The summed E-state index contributed by atoms with van der Waals surface area (Å²) in [6.07, 6.45) is 0. The van der Waals surface area contributed by atoms with Crippen LogP contribution >= 0.6 is 11.3 Å². The van der Waals surface area contributed by atoms with E-state index in [1.807, 2.05) is 36.4 Å². The molecule has 6 heteroatoms. The summed E-state index contributed by atoms with van der Waals surface area (Å²) in [6.45, 7) is 4.02. The molecule has 3 aromatic carbocycles. The van der Waals surface area contributed by atoms with Crippen molar-refractivity contribution in [1.82, 2.24) is 4.90 Å². The number of likely N-dealkylation sites (N-methyl/N-ethyl adjacent to an activating group) is 1.